The predicted molar refractivity (Wildman–Crippen MR) is 64.6 cm³/mol. The van der Waals surface area contributed by atoms with Crippen molar-refractivity contribution in [2.24, 2.45) is 17.8 Å². The maximum Gasteiger partial charge on any atom is 0.223 e. The second-order valence-electron chi connectivity index (χ2n) is 5.92. The number of carbonyl (C=O) groups excluding carboxylic acids is 1. The molecule has 3 aliphatic rings. The van der Waals surface area contributed by atoms with Crippen molar-refractivity contribution in [1.29, 1.82) is 0 Å². The number of hydrogen-bond acceptors (Lipinski definition) is 3. The normalized spacial score (nSPS) is 41.0. The quantitative estimate of drug-likeness (QED) is 0.777. The van der Waals surface area contributed by atoms with Crippen LogP contribution in [0.1, 0.15) is 19.3 Å². The monoisotopic (exact) mass is 238 g/mol. The lowest BCUT2D eigenvalue weighted by Gasteiger charge is -2.30. The first-order valence-corrected chi connectivity index (χ1v) is 6.80. The van der Waals surface area contributed by atoms with Crippen LogP contribution in [0.4, 0.5) is 0 Å². The Kier molecular flexibility index (Phi) is 3.09. The first-order chi connectivity index (χ1) is 8.22. The van der Waals surface area contributed by atoms with Crippen molar-refractivity contribution in [3.05, 3.63) is 0 Å². The Morgan fingerprint density at radius 2 is 2.12 bits per heavy atom. The van der Waals surface area contributed by atoms with Gasteiger partial charge in [-0.05, 0) is 38.1 Å². The summed E-state index contributed by atoms with van der Waals surface area (Å²) >= 11 is 0. The second-order valence-corrected chi connectivity index (χ2v) is 5.92. The zero-order chi connectivity index (χ0) is 11.8. The number of nitrogens with zero attached hydrogens (tertiary/aromatic N) is 1. The summed E-state index contributed by atoms with van der Waals surface area (Å²) in [5.41, 5.74) is 0. The first kappa shape index (κ1) is 11.5. The maximum absolute atomic E-state index is 12.0. The molecule has 0 spiro atoms. The van der Waals surface area contributed by atoms with Crippen molar-refractivity contribution >= 4 is 5.91 Å². The number of amides is 1. The van der Waals surface area contributed by atoms with Crippen molar-refractivity contribution in [2.45, 2.75) is 25.4 Å². The third kappa shape index (κ3) is 2.63. The van der Waals surface area contributed by atoms with E-state index in [1.165, 1.54) is 6.42 Å². The molecule has 0 bridgehead atoms. The third-order valence-corrected chi connectivity index (χ3v) is 4.46. The highest BCUT2D eigenvalue weighted by Gasteiger charge is 2.47. The van der Waals surface area contributed by atoms with Crippen LogP contribution >= 0.6 is 0 Å². The SMILES string of the molecule is CN1CCOC(CNC(=O)C2CC3CC3C2)C1. The van der Waals surface area contributed by atoms with E-state index in [1.807, 2.05) is 0 Å². The van der Waals surface area contributed by atoms with Crippen LogP contribution < -0.4 is 5.32 Å². The molecule has 4 heteroatoms. The van der Waals surface area contributed by atoms with Crippen LogP contribution in [0.3, 0.4) is 0 Å². The lowest BCUT2D eigenvalue weighted by molar-refractivity contribution is -0.126. The number of ether oxygens (including phenoxy) is 1. The molecule has 4 nitrogen and oxygen atoms in total. The molecule has 2 saturated carbocycles. The Morgan fingerprint density at radius 3 is 2.82 bits per heavy atom. The van der Waals surface area contributed by atoms with Crippen LogP contribution in [-0.2, 0) is 9.53 Å². The summed E-state index contributed by atoms with van der Waals surface area (Å²) in [6.07, 6.45) is 3.80. The number of hydrogen-bond donors (Lipinski definition) is 1. The molecular weight excluding hydrogens is 216 g/mol. The number of rotatable bonds is 3. The van der Waals surface area contributed by atoms with E-state index in [2.05, 4.69) is 17.3 Å². The summed E-state index contributed by atoms with van der Waals surface area (Å²) in [4.78, 5) is 14.2. The summed E-state index contributed by atoms with van der Waals surface area (Å²) < 4.78 is 5.63. The summed E-state index contributed by atoms with van der Waals surface area (Å²) in [7, 11) is 2.10. The van der Waals surface area contributed by atoms with Gasteiger partial charge in [0.2, 0.25) is 5.91 Å². The Labute approximate surface area is 103 Å². The zero-order valence-electron chi connectivity index (χ0n) is 10.5. The van der Waals surface area contributed by atoms with Gasteiger partial charge in [-0.2, -0.15) is 0 Å². The number of likely N-dealkylation sites (N-methyl/N-ethyl adjacent to an activating group) is 1. The van der Waals surface area contributed by atoms with Gasteiger partial charge in [-0.15, -0.1) is 0 Å². The molecule has 3 rings (SSSR count). The molecule has 0 aromatic rings. The van der Waals surface area contributed by atoms with Gasteiger partial charge >= 0.3 is 0 Å². The highest BCUT2D eigenvalue weighted by Crippen LogP contribution is 2.54. The van der Waals surface area contributed by atoms with E-state index in [1.54, 1.807) is 0 Å². The maximum atomic E-state index is 12.0. The minimum absolute atomic E-state index is 0.175. The third-order valence-electron chi connectivity index (χ3n) is 4.46. The minimum atomic E-state index is 0.175. The molecule has 0 aromatic heterocycles. The fourth-order valence-corrected chi connectivity index (χ4v) is 3.28. The molecule has 1 heterocycles. The van der Waals surface area contributed by atoms with E-state index in [4.69, 9.17) is 4.74 Å². The Bertz CT molecular complexity index is 298. The molecule has 1 N–H and O–H groups in total. The molecule has 3 atom stereocenters. The molecular formula is C13H22N2O2. The smallest absolute Gasteiger partial charge is 0.223 e. The lowest BCUT2D eigenvalue weighted by atomic mass is 10.0. The van der Waals surface area contributed by atoms with Gasteiger partial charge in [0.1, 0.15) is 0 Å². The van der Waals surface area contributed by atoms with E-state index < -0.39 is 0 Å². The zero-order valence-corrected chi connectivity index (χ0v) is 10.5. The molecule has 1 saturated heterocycles. The molecule has 0 aromatic carbocycles. The van der Waals surface area contributed by atoms with Crippen LogP contribution in [-0.4, -0.2) is 50.2 Å². The Balaban J connectivity index is 1.39. The molecule has 96 valence electrons. The van der Waals surface area contributed by atoms with Gasteiger partial charge < -0.3 is 15.0 Å². The molecule has 3 fully saturated rings. The number of morpholine rings is 1. The molecule has 17 heavy (non-hydrogen) atoms. The highest BCUT2D eigenvalue weighted by atomic mass is 16.5. The molecule has 0 radical (unpaired) electrons. The molecule has 2 aliphatic carbocycles. The van der Waals surface area contributed by atoms with Gasteiger partial charge in [-0.3, -0.25) is 4.79 Å². The Hall–Kier alpha value is -0.610. The molecule has 1 aliphatic heterocycles. The highest BCUT2D eigenvalue weighted by molar-refractivity contribution is 5.79. The minimum Gasteiger partial charge on any atom is -0.374 e. The average molecular weight is 238 g/mol. The van der Waals surface area contributed by atoms with Gasteiger partial charge in [0.25, 0.3) is 0 Å². The number of nitrogens with one attached hydrogen (secondary N) is 1. The number of fused-ring (bicyclic) bond motifs is 1. The Morgan fingerprint density at radius 1 is 1.35 bits per heavy atom. The summed E-state index contributed by atoms with van der Waals surface area (Å²) in [6, 6.07) is 0. The van der Waals surface area contributed by atoms with Gasteiger partial charge in [0.15, 0.2) is 0 Å². The van der Waals surface area contributed by atoms with Crippen LogP contribution in [0.5, 0.6) is 0 Å². The topological polar surface area (TPSA) is 41.6 Å². The van der Waals surface area contributed by atoms with E-state index >= 15 is 0 Å². The lowest BCUT2D eigenvalue weighted by Crippen LogP contribution is -2.46. The standard InChI is InChI=1S/C13H22N2O2/c1-15-2-3-17-12(8-15)7-14-13(16)11-5-9-4-10(9)6-11/h9-12H,2-8H2,1H3,(H,14,16). The van der Waals surface area contributed by atoms with Crippen LogP contribution in [0, 0.1) is 17.8 Å². The average Bonchev–Trinajstić information content (AvgIpc) is 2.93. The van der Waals surface area contributed by atoms with Crippen LogP contribution in [0.15, 0.2) is 0 Å². The van der Waals surface area contributed by atoms with Gasteiger partial charge in [0.05, 0.1) is 12.7 Å². The second kappa shape index (κ2) is 4.58. The summed E-state index contributed by atoms with van der Waals surface area (Å²) in [5, 5.41) is 3.07. The van der Waals surface area contributed by atoms with Crippen molar-refractivity contribution in [3.8, 4) is 0 Å². The van der Waals surface area contributed by atoms with Crippen LogP contribution in [0.25, 0.3) is 0 Å². The van der Waals surface area contributed by atoms with E-state index in [0.717, 1.165) is 44.4 Å². The summed E-state index contributed by atoms with van der Waals surface area (Å²) in [6.45, 7) is 3.38. The van der Waals surface area contributed by atoms with Gasteiger partial charge in [0, 0.05) is 25.6 Å². The van der Waals surface area contributed by atoms with E-state index in [9.17, 15) is 4.79 Å². The molecule has 1 amide bonds. The van der Waals surface area contributed by atoms with E-state index in [-0.39, 0.29) is 12.0 Å². The van der Waals surface area contributed by atoms with Crippen molar-refractivity contribution in [2.75, 3.05) is 33.3 Å². The van der Waals surface area contributed by atoms with Crippen molar-refractivity contribution < 1.29 is 9.53 Å². The van der Waals surface area contributed by atoms with Gasteiger partial charge in [-0.1, -0.05) is 0 Å². The first-order valence-electron chi connectivity index (χ1n) is 6.80. The van der Waals surface area contributed by atoms with E-state index in [0.29, 0.717) is 12.5 Å². The van der Waals surface area contributed by atoms with Gasteiger partial charge in [-0.25, -0.2) is 0 Å². The van der Waals surface area contributed by atoms with Crippen molar-refractivity contribution in [3.63, 3.8) is 0 Å². The predicted octanol–water partition coefficient (Wildman–Crippen LogP) is 0.479. The fourth-order valence-electron chi connectivity index (χ4n) is 3.28. The van der Waals surface area contributed by atoms with Crippen LogP contribution in [0.2, 0.25) is 0 Å². The van der Waals surface area contributed by atoms with Crippen molar-refractivity contribution in [1.82, 2.24) is 10.2 Å². The largest absolute Gasteiger partial charge is 0.374 e. The number of carbonyl (C=O) groups is 1. The summed E-state index contributed by atoms with van der Waals surface area (Å²) in [5.74, 6) is 2.31. The fraction of sp³-hybridized carbons (Fsp3) is 0.923. The molecule has 3 unspecified atom stereocenters.